The fraction of sp³-hybridized carbons (Fsp3) is 0.500. The summed E-state index contributed by atoms with van der Waals surface area (Å²) in [4.78, 5) is 18.3. The van der Waals surface area contributed by atoms with Crippen molar-refractivity contribution in [3.63, 3.8) is 0 Å². The highest BCUT2D eigenvalue weighted by molar-refractivity contribution is 5.92. The zero-order valence-electron chi connectivity index (χ0n) is 13.6. The van der Waals surface area contributed by atoms with Gasteiger partial charge in [-0.05, 0) is 12.0 Å². The van der Waals surface area contributed by atoms with E-state index in [-0.39, 0.29) is 30.7 Å². The van der Waals surface area contributed by atoms with Gasteiger partial charge in [0.1, 0.15) is 0 Å². The first kappa shape index (κ1) is 14.8. The number of carbonyl (C=O) groups excluding carboxylic acids is 1. The third kappa shape index (κ3) is 1.53. The zero-order chi connectivity index (χ0) is 17.8. The van der Waals surface area contributed by atoms with Crippen LogP contribution in [0.25, 0.3) is 0 Å². The van der Waals surface area contributed by atoms with Crippen molar-refractivity contribution in [2.45, 2.75) is 37.0 Å². The predicted molar refractivity (Wildman–Crippen MR) is 83.4 cm³/mol. The Balaban J connectivity index is 1.30. The number of amides is 1. The van der Waals surface area contributed by atoms with E-state index in [1.165, 1.54) is 9.58 Å². The molecule has 1 saturated heterocycles. The molecule has 2 saturated carbocycles. The van der Waals surface area contributed by atoms with Crippen molar-refractivity contribution < 1.29 is 18.0 Å². The van der Waals surface area contributed by atoms with Gasteiger partial charge in [0, 0.05) is 19.0 Å². The van der Waals surface area contributed by atoms with Gasteiger partial charge in [-0.25, -0.2) is 22.8 Å². The summed E-state index contributed by atoms with van der Waals surface area (Å²) < 4.78 is 43.3. The fourth-order valence-corrected chi connectivity index (χ4v) is 5.11. The van der Waals surface area contributed by atoms with E-state index in [9.17, 15) is 18.0 Å². The molecule has 0 radical (unpaired) electrons. The van der Waals surface area contributed by atoms with Crippen molar-refractivity contribution in [2.75, 3.05) is 6.54 Å². The van der Waals surface area contributed by atoms with Gasteiger partial charge in [0.2, 0.25) is 5.82 Å². The van der Waals surface area contributed by atoms with Gasteiger partial charge in [0.15, 0.2) is 12.0 Å². The minimum atomic E-state index is -2.64. The Morgan fingerprint density at radius 2 is 2.00 bits per heavy atom. The van der Waals surface area contributed by atoms with E-state index < -0.39 is 35.4 Å². The summed E-state index contributed by atoms with van der Waals surface area (Å²) in [5.74, 6) is -3.78. The third-order valence-electron chi connectivity index (χ3n) is 6.62. The Morgan fingerprint density at radius 1 is 1.23 bits per heavy atom. The highest BCUT2D eigenvalue weighted by Gasteiger charge is 2.95. The minimum absolute atomic E-state index is 0.0432. The monoisotopic (exact) mass is 360 g/mol. The molecule has 26 heavy (non-hydrogen) atoms. The summed E-state index contributed by atoms with van der Waals surface area (Å²) in [6, 6.07) is 8.67. The molecule has 1 aromatic carbocycles. The van der Waals surface area contributed by atoms with Crippen LogP contribution in [0.5, 0.6) is 0 Å². The molecule has 3 unspecified atom stereocenters. The summed E-state index contributed by atoms with van der Waals surface area (Å²) in [5.41, 5.74) is -0.0821. The second-order valence-electron chi connectivity index (χ2n) is 7.76. The molecule has 6 rings (SSSR count). The maximum absolute atomic E-state index is 14.4. The van der Waals surface area contributed by atoms with Gasteiger partial charge in [-0.1, -0.05) is 30.3 Å². The van der Waals surface area contributed by atoms with Gasteiger partial charge < -0.3 is 4.90 Å². The Labute approximate surface area is 146 Å². The lowest BCUT2D eigenvalue weighted by molar-refractivity contribution is 0.0445. The van der Waals surface area contributed by atoms with Crippen LogP contribution in [0.15, 0.2) is 30.3 Å². The van der Waals surface area contributed by atoms with Crippen molar-refractivity contribution >= 4 is 5.91 Å². The van der Waals surface area contributed by atoms with Crippen LogP contribution < -0.4 is 0 Å². The molecule has 1 amide bonds. The van der Waals surface area contributed by atoms with Crippen LogP contribution in [0.1, 0.15) is 47.1 Å². The van der Waals surface area contributed by atoms with Crippen molar-refractivity contribution in [1.82, 2.24) is 19.7 Å². The molecule has 134 valence electrons. The van der Waals surface area contributed by atoms with Crippen LogP contribution in [0.4, 0.5) is 13.2 Å². The summed E-state index contributed by atoms with van der Waals surface area (Å²) in [7, 11) is 0. The number of piperidine rings is 2. The Morgan fingerprint density at radius 3 is 2.65 bits per heavy atom. The molecule has 5 atom stereocenters. The maximum Gasteiger partial charge on any atom is 0.293 e. The van der Waals surface area contributed by atoms with E-state index in [1.807, 2.05) is 30.3 Å². The topological polar surface area (TPSA) is 51.0 Å². The first-order valence-corrected chi connectivity index (χ1v) is 8.79. The van der Waals surface area contributed by atoms with Crippen molar-refractivity contribution in [3.8, 4) is 0 Å². The molecule has 8 heteroatoms. The van der Waals surface area contributed by atoms with Crippen LogP contribution in [-0.4, -0.2) is 44.1 Å². The van der Waals surface area contributed by atoms with E-state index >= 15 is 0 Å². The quantitative estimate of drug-likeness (QED) is 0.828. The van der Waals surface area contributed by atoms with Crippen molar-refractivity contribution in [1.29, 1.82) is 0 Å². The SMILES string of the molecule is O=C(c1nc2n(n1)[C@H](c1ccccc1)C[C@@H]2F)N1CC2C(F)(F)C23CC13. The van der Waals surface area contributed by atoms with Crippen LogP contribution in [0.2, 0.25) is 0 Å². The van der Waals surface area contributed by atoms with Crippen molar-refractivity contribution in [3.05, 3.63) is 47.5 Å². The summed E-state index contributed by atoms with van der Waals surface area (Å²) in [6.07, 6.45) is -0.710. The number of rotatable bonds is 2. The number of halogens is 3. The predicted octanol–water partition coefficient (Wildman–Crippen LogP) is 2.76. The Kier molecular flexibility index (Phi) is 2.44. The fourth-order valence-electron chi connectivity index (χ4n) is 5.11. The summed E-state index contributed by atoms with van der Waals surface area (Å²) in [5, 5.41) is 4.26. The standard InChI is InChI=1S/C18H15F3N4O/c19-10-6-11(9-4-2-1-3-5-9)25-15(10)22-14(23-25)16(26)24-8-12-17(7-13(17)24)18(12,20)21/h1-5,10-13H,6-8H2/t10-,11-,12?,13?,17?/m0/s1. The van der Waals surface area contributed by atoms with E-state index in [0.717, 1.165) is 5.56 Å². The molecule has 0 N–H and O–H groups in total. The van der Waals surface area contributed by atoms with E-state index in [0.29, 0.717) is 6.42 Å². The lowest BCUT2D eigenvalue weighted by Crippen LogP contribution is -2.36. The average Bonchev–Trinajstić information content (AvgIpc) is 3.20. The minimum Gasteiger partial charge on any atom is -0.332 e. The molecule has 5 nitrogen and oxygen atoms in total. The number of aromatic nitrogens is 3. The van der Waals surface area contributed by atoms with Crippen molar-refractivity contribution in [2.24, 2.45) is 11.3 Å². The van der Waals surface area contributed by atoms with E-state index in [2.05, 4.69) is 10.1 Å². The first-order chi connectivity index (χ1) is 12.4. The van der Waals surface area contributed by atoms with E-state index in [1.54, 1.807) is 0 Å². The number of benzene rings is 1. The van der Waals surface area contributed by atoms with Gasteiger partial charge in [-0.2, -0.15) is 0 Å². The van der Waals surface area contributed by atoms with Gasteiger partial charge in [0.25, 0.3) is 11.8 Å². The number of alkyl halides is 3. The molecule has 2 aromatic rings. The number of hydrogen-bond donors (Lipinski definition) is 0. The number of hydrogen-bond acceptors (Lipinski definition) is 3. The highest BCUT2D eigenvalue weighted by atomic mass is 19.3. The first-order valence-electron chi connectivity index (χ1n) is 8.79. The van der Waals surface area contributed by atoms with E-state index in [4.69, 9.17) is 0 Å². The van der Waals surface area contributed by atoms with Crippen LogP contribution in [0.3, 0.4) is 0 Å². The van der Waals surface area contributed by atoms with Gasteiger partial charge in [-0.15, -0.1) is 5.10 Å². The molecule has 1 aromatic heterocycles. The number of likely N-dealkylation sites (tertiary alicyclic amines) is 1. The maximum atomic E-state index is 14.4. The molecular weight excluding hydrogens is 345 g/mol. The highest BCUT2D eigenvalue weighted by Crippen LogP contribution is 2.84. The molecule has 3 fully saturated rings. The van der Waals surface area contributed by atoms with Crippen LogP contribution in [0, 0.1) is 11.3 Å². The molecule has 2 aliphatic heterocycles. The second kappa shape index (κ2) is 4.29. The largest absolute Gasteiger partial charge is 0.332 e. The van der Waals surface area contributed by atoms with Gasteiger partial charge in [0.05, 0.1) is 17.4 Å². The molecule has 3 heterocycles. The third-order valence-corrected chi connectivity index (χ3v) is 6.62. The molecular formula is C18H15F3N4O. The second-order valence-corrected chi connectivity index (χ2v) is 7.76. The number of fused-ring (bicyclic) bond motifs is 1. The average molecular weight is 360 g/mol. The Bertz CT molecular complexity index is 945. The smallest absolute Gasteiger partial charge is 0.293 e. The summed E-state index contributed by atoms with van der Waals surface area (Å²) >= 11 is 0. The van der Waals surface area contributed by atoms with Gasteiger partial charge in [-0.3, -0.25) is 4.79 Å². The number of nitrogens with zero attached hydrogens (tertiary/aromatic N) is 4. The van der Waals surface area contributed by atoms with Crippen LogP contribution in [-0.2, 0) is 0 Å². The normalized spacial score (nSPS) is 37.9. The molecule has 4 aliphatic rings. The molecule has 2 aliphatic carbocycles. The zero-order valence-corrected chi connectivity index (χ0v) is 13.6. The lowest BCUT2D eigenvalue weighted by atomic mass is 10.0. The molecule has 0 bridgehead atoms. The summed E-state index contributed by atoms with van der Waals surface area (Å²) in [6.45, 7) is 0.0432. The number of carbonyl (C=O) groups is 1. The van der Waals surface area contributed by atoms with Gasteiger partial charge >= 0.3 is 0 Å². The lowest BCUT2D eigenvalue weighted by Gasteiger charge is -2.19. The Hall–Kier alpha value is -2.38. The molecule has 1 spiro atoms. The van der Waals surface area contributed by atoms with Crippen LogP contribution >= 0.6 is 0 Å².